The monoisotopic (exact) mass is 371 g/mol. The Morgan fingerprint density at radius 1 is 1.19 bits per heavy atom. The highest BCUT2D eigenvalue weighted by Gasteiger charge is 2.47. The van der Waals surface area contributed by atoms with Crippen LogP contribution in [-0.4, -0.2) is 33.6 Å². The SMILES string of the molecule is CC(C)(C)N(C=O)N1C(=O)C(C(=O)c2ccccc2)c2nc(Cl)ccc21. The summed E-state index contributed by atoms with van der Waals surface area (Å²) in [6, 6.07) is 11.7. The quantitative estimate of drug-likeness (QED) is 0.358. The van der Waals surface area contributed by atoms with Crippen LogP contribution in [0, 0.1) is 0 Å². The predicted molar refractivity (Wildman–Crippen MR) is 97.9 cm³/mol. The number of benzene rings is 1. The first-order valence-electron chi connectivity index (χ1n) is 8.10. The number of anilines is 1. The van der Waals surface area contributed by atoms with Crippen LogP contribution in [0.1, 0.15) is 42.7 Å². The van der Waals surface area contributed by atoms with Gasteiger partial charge in [0, 0.05) is 5.56 Å². The highest BCUT2D eigenvalue weighted by Crippen LogP contribution is 2.40. The molecule has 1 aromatic heterocycles. The van der Waals surface area contributed by atoms with Gasteiger partial charge in [-0.25, -0.2) is 15.0 Å². The number of carbonyl (C=O) groups is 3. The number of carbonyl (C=O) groups excluding carboxylic acids is 3. The molecule has 134 valence electrons. The van der Waals surface area contributed by atoms with Crippen molar-refractivity contribution >= 4 is 35.4 Å². The first-order valence-corrected chi connectivity index (χ1v) is 8.47. The molecule has 0 radical (unpaired) electrons. The summed E-state index contributed by atoms with van der Waals surface area (Å²) in [5, 5.41) is 2.66. The Balaban J connectivity index is 2.14. The van der Waals surface area contributed by atoms with E-state index in [2.05, 4.69) is 4.98 Å². The van der Waals surface area contributed by atoms with Gasteiger partial charge in [-0.3, -0.25) is 14.4 Å². The van der Waals surface area contributed by atoms with E-state index in [0.29, 0.717) is 17.7 Å². The number of rotatable bonds is 4. The predicted octanol–water partition coefficient (Wildman–Crippen LogP) is 3.22. The van der Waals surface area contributed by atoms with Crippen molar-refractivity contribution in [2.24, 2.45) is 0 Å². The molecule has 2 heterocycles. The van der Waals surface area contributed by atoms with Gasteiger partial charge in [0.15, 0.2) is 5.78 Å². The summed E-state index contributed by atoms with van der Waals surface area (Å²) in [6.07, 6.45) is 0.575. The van der Waals surface area contributed by atoms with Crippen molar-refractivity contribution in [1.82, 2.24) is 9.99 Å². The van der Waals surface area contributed by atoms with Crippen LogP contribution in [0.2, 0.25) is 5.15 Å². The molecule has 7 heteroatoms. The van der Waals surface area contributed by atoms with Crippen LogP contribution in [0.25, 0.3) is 0 Å². The van der Waals surface area contributed by atoms with Gasteiger partial charge in [-0.05, 0) is 32.9 Å². The van der Waals surface area contributed by atoms with Crippen LogP contribution in [0.5, 0.6) is 0 Å². The molecule has 1 atom stereocenters. The molecule has 0 saturated heterocycles. The minimum absolute atomic E-state index is 0.178. The van der Waals surface area contributed by atoms with E-state index in [1.54, 1.807) is 57.2 Å². The van der Waals surface area contributed by atoms with Crippen LogP contribution >= 0.6 is 11.6 Å². The molecule has 1 unspecified atom stereocenters. The van der Waals surface area contributed by atoms with E-state index < -0.39 is 17.4 Å². The standard InChI is InChI=1S/C19H18ClN3O3/c1-19(2,3)22(11-24)23-13-9-10-14(20)21-16(13)15(18(23)26)17(25)12-7-5-4-6-8-12/h4-11,15H,1-3H3. The van der Waals surface area contributed by atoms with Crippen molar-refractivity contribution in [1.29, 1.82) is 0 Å². The second-order valence-electron chi connectivity index (χ2n) is 6.97. The molecule has 0 N–H and O–H groups in total. The summed E-state index contributed by atoms with van der Waals surface area (Å²) in [7, 11) is 0. The van der Waals surface area contributed by atoms with Gasteiger partial charge in [0.05, 0.1) is 16.9 Å². The Bertz CT molecular complexity index is 877. The fourth-order valence-corrected chi connectivity index (χ4v) is 3.08. The lowest BCUT2D eigenvalue weighted by Gasteiger charge is -2.38. The number of hydrogen-bond donors (Lipinski definition) is 0. The van der Waals surface area contributed by atoms with Crippen LogP contribution in [0.15, 0.2) is 42.5 Å². The lowest BCUT2D eigenvalue weighted by molar-refractivity contribution is -0.132. The van der Waals surface area contributed by atoms with Crippen LogP contribution < -0.4 is 5.01 Å². The Kier molecular flexibility index (Phi) is 4.54. The highest BCUT2D eigenvalue weighted by molar-refractivity contribution is 6.30. The van der Waals surface area contributed by atoms with Gasteiger partial charge < -0.3 is 0 Å². The molecule has 0 bridgehead atoms. The maximum atomic E-state index is 13.2. The van der Waals surface area contributed by atoms with Gasteiger partial charge in [-0.15, -0.1) is 0 Å². The van der Waals surface area contributed by atoms with Crippen LogP contribution in [0.4, 0.5) is 5.69 Å². The molecular weight excluding hydrogens is 354 g/mol. The number of ketones is 1. The number of halogens is 1. The first-order chi connectivity index (χ1) is 12.3. The molecule has 6 nitrogen and oxygen atoms in total. The smallest absolute Gasteiger partial charge is 0.263 e. The van der Waals surface area contributed by atoms with Gasteiger partial charge in [0.25, 0.3) is 5.91 Å². The molecule has 1 aliphatic rings. The maximum absolute atomic E-state index is 13.2. The molecule has 2 aromatic rings. The molecule has 26 heavy (non-hydrogen) atoms. The Morgan fingerprint density at radius 2 is 1.85 bits per heavy atom. The molecular formula is C19H18ClN3O3. The van der Waals surface area contributed by atoms with Gasteiger partial charge in [-0.1, -0.05) is 41.9 Å². The zero-order valence-corrected chi connectivity index (χ0v) is 15.4. The molecule has 1 aliphatic heterocycles. The lowest BCUT2D eigenvalue weighted by atomic mass is 9.95. The fraction of sp³-hybridized carbons (Fsp3) is 0.263. The number of aromatic nitrogens is 1. The second kappa shape index (κ2) is 6.53. The lowest BCUT2D eigenvalue weighted by Crippen LogP contribution is -2.54. The van der Waals surface area contributed by atoms with E-state index in [9.17, 15) is 14.4 Å². The Labute approximate surface area is 156 Å². The second-order valence-corrected chi connectivity index (χ2v) is 7.36. The Hall–Kier alpha value is -2.73. The topological polar surface area (TPSA) is 70.6 Å². The average molecular weight is 372 g/mol. The summed E-state index contributed by atoms with van der Waals surface area (Å²) in [6.45, 7) is 5.39. The summed E-state index contributed by atoms with van der Waals surface area (Å²) >= 11 is 6.00. The number of hydrogen-bond acceptors (Lipinski definition) is 4. The highest BCUT2D eigenvalue weighted by atomic mass is 35.5. The minimum Gasteiger partial charge on any atom is -0.293 e. The normalized spacial score (nSPS) is 16.4. The van der Waals surface area contributed by atoms with Crippen molar-refractivity contribution < 1.29 is 14.4 Å². The van der Waals surface area contributed by atoms with Gasteiger partial charge in [-0.2, -0.15) is 0 Å². The number of nitrogens with zero attached hydrogens (tertiary/aromatic N) is 3. The third-order valence-electron chi connectivity index (χ3n) is 4.15. The minimum atomic E-state index is -1.14. The van der Waals surface area contributed by atoms with E-state index in [-0.39, 0.29) is 16.6 Å². The van der Waals surface area contributed by atoms with Crippen molar-refractivity contribution in [3.8, 4) is 0 Å². The third kappa shape index (κ3) is 2.97. The molecule has 0 aliphatic carbocycles. The number of amides is 2. The zero-order chi connectivity index (χ0) is 19.1. The first kappa shape index (κ1) is 18.1. The van der Waals surface area contributed by atoms with Crippen LogP contribution in [-0.2, 0) is 9.59 Å². The van der Waals surface area contributed by atoms with Crippen molar-refractivity contribution in [3.05, 3.63) is 58.9 Å². The van der Waals surface area contributed by atoms with Crippen molar-refractivity contribution in [2.45, 2.75) is 32.2 Å². The molecule has 2 amide bonds. The number of fused-ring (bicyclic) bond motifs is 1. The van der Waals surface area contributed by atoms with E-state index in [4.69, 9.17) is 11.6 Å². The number of pyridine rings is 1. The zero-order valence-electron chi connectivity index (χ0n) is 14.6. The summed E-state index contributed by atoms with van der Waals surface area (Å²) in [4.78, 5) is 42.1. The summed E-state index contributed by atoms with van der Waals surface area (Å²) in [5.41, 5.74) is 0.371. The summed E-state index contributed by atoms with van der Waals surface area (Å²) in [5.74, 6) is -2.05. The largest absolute Gasteiger partial charge is 0.293 e. The van der Waals surface area contributed by atoms with E-state index in [1.807, 2.05) is 0 Å². The van der Waals surface area contributed by atoms with Gasteiger partial charge >= 0.3 is 0 Å². The Morgan fingerprint density at radius 3 is 2.42 bits per heavy atom. The molecule has 1 aromatic carbocycles. The molecule has 0 saturated carbocycles. The van der Waals surface area contributed by atoms with E-state index in [0.717, 1.165) is 0 Å². The van der Waals surface area contributed by atoms with E-state index >= 15 is 0 Å². The third-order valence-corrected chi connectivity index (χ3v) is 4.36. The van der Waals surface area contributed by atoms with Crippen molar-refractivity contribution in [3.63, 3.8) is 0 Å². The molecule has 0 spiro atoms. The summed E-state index contributed by atoms with van der Waals surface area (Å²) < 4.78 is 0. The van der Waals surface area contributed by atoms with Crippen molar-refractivity contribution in [2.75, 3.05) is 5.01 Å². The van der Waals surface area contributed by atoms with E-state index in [1.165, 1.54) is 16.1 Å². The molecule has 3 rings (SSSR count). The van der Waals surface area contributed by atoms with Gasteiger partial charge in [0.2, 0.25) is 6.41 Å². The number of Topliss-reactive ketones (excluding diaryl/α,β-unsaturated/α-hetero) is 1. The maximum Gasteiger partial charge on any atom is 0.263 e. The average Bonchev–Trinajstić information content (AvgIpc) is 2.86. The number of hydrazine groups is 1. The van der Waals surface area contributed by atoms with Crippen LogP contribution in [0.3, 0.4) is 0 Å². The molecule has 0 fully saturated rings. The fourth-order valence-electron chi connectivity index (χ4n) is 2.93. The van der Waals surface area contributed by atoms with Gasteiger partial charge in [0.1, 0.15) is 11.1 Å².